The minimum absolute atomic E-state index is 0.0258. The van der Waals surface area contributed by atoms with Crippen LogP contribution >= 0.6 is 0 Å². The second-order valence-electron chi connectivity index (χ2n) is 7.00. The van der Waals surface area contributed by atoms with Crippen LogP contribution in [0.1, 0.15) is 61.3 Å². The molecule has 0 spiro atoms. The van der Waals surface area contributed by atoms with E-state index in [0.717, 1.165) is 12.2 Å². The maximum absolute atomic E-state index is 6.02. The van der Waals surface area contributed by atoms with E-state index in [9.17, 15) is 0 Å². The van der Waals surface area contributed by atoms with Crippen molar-refractivity contribution in [3.63, 3.8) is 0 Å². The quantitative estimate of drug-likeness (QED) is 0.672. The summed E-state index contributed by atoms with van der Waals surface area (Å²) in [6.07, 6.45) is 3.57. The minimum atomic E-state index is -0.185. The van der Waals surface area contributed by atoms with Crippen molar-refractivity contribution in [3.05, 3.63) is 0 Å². The minimum Gasteiger partial charge on any atom is -0.403 e. The Labute approximate surface area is 108 Å². The van der Waals surface area contributed by atoms with E-state index < -0.39 is 0 Å². The van der Waals surface area contributed by atoms with Crippen LogP contribution in [0.15, 0.2) is 0 Å². The van der Waals surface area contributed by atoms with E-state index in [1.54, 1.807) is 0 Å². The second kappa shape index (κ2) is 5.32. The molecule has 0 aromatic rings. The van der Waals surface area contributed by atoms with E-state index in [2.05, 4.69) is 48.5 Å². The van der Waals surface area contributed by atoms with Gasteiger partial charge in [-0.05, 0) is 45.9 Å². The smallest absolute Gasteiger partial charge is 0.403 e. The van der Waals surface area contributed by atoms with E-state index in [4.69, 9.17) is 9.31 Å². The average molecular weight is 240 g/mol. The lowest BCUT2D eigenvalue weighted by Crippen LogP contribution is -2.41. The Morgan fingerprint density at radius 3 is 1.76 bits per heavy atom. The number of hydrogen-bond donors (Lipinski definition) is 0. The summed E-state index contributed by atoms with van der Waals surface area (Å²) in [6, 6.07) is 0. The zero-order chi connectivity index (χ0) is 13.3. The van der Waals surface area contributed by atoms with Gasteiger partial charge in [-0.25, -0.2) is 0 Å². The van der Waals surface area contributed by atoms with Crippen molar-refractivity contribution >= 4 is 7.12 Å². The van der Waals surface area contributed by atoms with Crippen molar-refractivity contribution in [2.45, 2.75) is 78.8 Å². The molecule has 0 N–H and O–H groups in total. The van der Waals surface area contributed by atoms with Gasteiger partial charge in [-0.2, -0.15) is 0 Å². The Hall–Kier alpha value is -0.0151. The molecule has 0 aliphatic carbocycles. The molecule has 1 aliphatic heterocycles. The molecule has 0 amide bonds. The lowest BCUT2D eigenvalue weighted by molar-refractivity contribution is 0.00578. The normalized spacial score (nSPS) is 24.4. The molecule has 1 heterocycles. The van der Waals surface area contributed by atoms with Gasteiger partial charge in [0.25, 0.3) is 0 Å². The van der Waals surface area contributed by atoms with Crippen LogP contribution in [0.25, 0.3) is 0 Å². The van der Waals surface area contributed by atoms with Gasteiger partial charge in [-0.1, -0.05) is 33.6 Å². The van der Waals surface area contributed by atoms with Crippen LogP contribution in [-0.4, -0.2) is 18.3 Å². The average Bonchev–Trinajstić information content (AvgIpc) is 2.31. The van der Waals surface area contributed by atoms with Crippen molar-refractivity contribution in [3.8, 4) is 0 Å². The van der Waals surface area contributed by atoms with Gasteiger partial charge < -0.3 is 9.31 Å². The molecule has 0 radical (unpaired) electrons. The molecular formula is C14H29BO2. The third kappa shape index (κ3) is 3.99. The van der Waals surface area contributed by atoms with E-state index >= 15 is 0 Å². The molecule has 0 saturated carbocycles. The van der Waals surface area contributed by atoms with Crippen LogP contribution in [0.3, 0.4) is 0 Å². The highest BCUT2D eigenvalue weighted by atomic mass is 16.7. The molecule has 1 atom stereocenters. The molecule has 0 bridgehead atoms. The highest BCUT2D eigenvalue weighted by Gasteiger charge is 2.50. The van der Waals surface area contributed by atoms with Crippen molar-refractivity contribution < 1.29 is 9.31 Å². The Morgan fingerprint density at radius 2 is 1.35 bits per heavy atom. The van der Waals surface area contributed by atoms with Crippen LogP contribution < -0.4 is 0 Å². The lowest BCUT2D eigenvalue weighted by atomic mass is 9.76. The largest absolute Gasteiger partial charge is 0.458 e. The van der Waals surface area contributed by atoms with Crippen molar-refractivity contribution in [1.82, 2.24) is 0 Å². The molecule has 17 heavy (non-hydrogen) atoms. The maximum Gasteiger partial charge on any atom is 0.458 e. The molecule has 2 nitrogen and oxygen atoms in total. The van der Waals surface area contributed by atoms with Crippen LogP contribution in [0, 0.1) is 11.8 Å². The Kier molecular flexibility index (Phi) is 4.70. The van der Waals surface area contributed by atoms with Gasteiger partial charge in [0.1, 0.15) is 0 Å². The van der Waals surface area contributed by atoms with Crippen LogP contribution in [-0.2, 0) is 9.31 Å². The summed E-state index contributed by atoms with van der Waals surface area (Å²) in [7, 11) is -0.0258. The molecule has 1 fully saturated rings. The standard InChI is InChI=1S/C14H29BO2/c1-11(2)8-9-12(3)10-15-16-13(4,5)14(6,7)17-15/h11-12H,8-10H2,1-7H3. The summed E-state index contributed by atoms with van der Waals surface area (Å²) in [5.74, 6) is 1.46. The molecule has 1 aliphatic rings. The van der Waals surface area contributed by atoms with E-state index in [0.29, 0.717) is 5.92 Å². The van der Waals surface area contributed by atoms with Gasteiger partial charge in [-0.15, -0.1) is 0 Å². The Balaban J connectivity index is 2.40. The van der Waals surface area contributed by atoms with Gasteiger partial charge in [0.15, 0.2) is 0 Å². The summed E-state index contributed by atoms with van der Waals surface area (Å²) >= 11 is 0. The summed E-state index contributed by atoms with van der Waals surface area (Å²) in [6.45, 7) is 15.3. The number of rotatable bonds is 5. The van der Waals surface area contributed by atoms with Crippen LogP contribution in [0.5, 0.6) is 0 Å². The van der Waals surface area contributed by atoms with Gasteiger partial charge >= 0.3 is 7.12 Å². The van der Waals surface area contributed by atoms with Crippen molar-refractivity contribution in [1.29, 1.82) is 0 Å². The van der Waals surface area contributed by atoms with E-state index in [-0.39, 0.29) is 18.3 Å². The molecule has 0 aromatic carbocycles. The van der Waals surface area contributed by atoms with E-state index in [1.807, 2.05) is 0 Å². The first-order valence-corrected chi connectivity index (χ1v) is 6.99. The fraction of sp³-hybridized carbons (Fsp3) is 1.00. The topological polar surface area (TPSA) is 18.5 Å². The summed E-state index contributed by atoms with van der Waals surface area (Å²) in [5, 5.41) is 0. The fourth-order valence-corrected chi connectivity index (χ4v) is 2.13. The first-order valence-electron chi connectivity index (χ1n) is 6.99. The maximum atomic E-state index is 6.02. The van der Waals surface area contributed by atoms with Gasteiger partial charge in [0, 0.05) is 0 Å². The van der Waals surface area contributed by atoms with E-state index in [1.165, 1.54) is 12.8 Å². The first kappa shape index (κ1) is 15.0. The van der Waals surface area contributed by atoms with Crippen molar-refractivity contribution in [2.24, 2.45) is 11.8 Å². The fourth-order valence-electron chi connectivity index (χ4n) is 2.13. The molecule has 1 saturated heterocycles. The summed E-state index contributed by atoms with van der Waals surface area (Å²) in [4.78, 5) is 0. The molecule has 1 rings (SSSR count). The molecule has 1 unspecified atom stereocenters. The Morgan fingerprint density at radius 1 is 0.882 bits per heavy atom. The molecule has 3 heteroatoms. The highest BCUT2D eigenvalue weighted by Crippen LogP contribution is 2.38. The third-order valence-electron chi connectivity index (χ3n) is 4.13. The summed E-state index contributed by atoms with van der Waals surface area (Å²) < 4.78 is 12.0. The SMILES string of the molecule is CC(C)CCC(C)CB1OC(C)(C)C(C)(C)O1. The highest BCUT2D eigenvalue weighted by molar-refractivity contribution is 6.45. The summed E-state index contributed by atoms with van der Waals surface area (Å²) in [5.41, 5.74) is -0.370. The monoisotopic (exact) mass is 240 g/mol. The molecule has 0 aromatic heterocycles. The van der Waals surface area contributed by atoms with Gasteiger partial charge in [0.05, 0.1) is 11.2 Å². The van der Waals surface area contributed by atoms with Crippen LogP contribution in [0.4, 0.5) is 0 Å². The van der Waals surface area contributed by atoms with Crippen molar-refractivity contribution in [2.75, 3.05) is 0 Å². The predicted octanol–water partition coefficient (Wildman–Crippen LogP) is 4.15. The molecular weight excluding hydrogens is 211 g/mol. The van der Waals surface area contributed by atoms with Gasteiger partial charge in [0.2, 0.25) is 0 Å². The third-order valence-corrected chi connectivity index (χ3v) is 4.13. The molecule has 100 valence electrons. The van der Waals surface area contributed by atoms with Crippen LogP contribution in [0.2, 0.25) is 6.32 Å². The zero-order valence-corrected chi connectivity index (χ0v) is 12.7. The second-order valence-corrected chi connectivity index (χ2v) is 7.00. The zero-order valence-electron chi connectivity index (χ0n) is 12.7. The van der Waals surface area contributed by atoms with Gasteiger partial charge in [-0.3, -0.25) is 0 Å². The number of hydrogen-bond acceptors (Lipinski definition) is 2. The Bertz CT molecular complexity index is 233. The predicted molar refractivity (Wildman–Crippen MR) is 74.1 cm³/mol. The lowest BCUT2D eigenvalue weighted by Gasteiger charge is -2.32. The first-order chi connectivity index (χ1) is 7.64.